The van der Waals surface area contributed by atoms with Gasteiger partial charge in [-0.05, 0) is 42.7 Å². The molecule has 1 unspecified atom stereocenters. The molecule has 2 atom stereocenters. The quantitative estimate of drug-likeness (QED) is 0.685. The van der Waals surface area contributed by atoms with Crippen molar-refractivity contribution in [3.05, 3.63) is 66.1 Å². The maximum Gasteiger partial charge on any atom is 0.253 e. The van der Waals surface area contributed by atoms with Gasteiger partial charge in [0.05, 0.1) is 16.6 Å². The number of carbonyl (C=O) groups is 1. The van der Waals surface area contributed by atoms with Crippen molar-refractivity contribution in [3.63, 3.8) is 0 Å². The van der Waals surface area contributed by atoms with Gasteiger partial charge < -0.3 is 14.8 Å². The van der Waals surface area contributed by atoms with Crippen LogP contribution in [0.1, 0.15) is 28.8 Å². The van der Waals surface area contributed by atoms with Crippen molar-refractivity contribution in [2.75, 3.05) is 13.1 Å². The Kier molecular flexibility index (Phi) is 5.52. The molecule has 146 valence electrons. The first kappa shape index (κ1) is 18.8. The minimum atomic E-state index is -1.27. The van der Waals surface area contributed by atoms with Crippen LogP contribution in [0.3, 0.4) is 0 Å². The number of hydrogen-bond acceptors (Lipinski definition) is 4. The zero-order valence-electron chi connectivity index (χ0n) is 15.3. The Bertz CT molecular complexity index is 1000. The van der Waals surface area contributed by atoms with E-state index < -0.39 is 17.1 Å². The van der Waals surface area contributed by atoms with E-state index in [1.807, 2.05) is 24.3 Å². The zero-order chi connectivity index (χ0) is 19.5. The van der Waals surface area contributed by atoms with E-state index in [4.69, 9.17) is 0 Å². The van der Waals surface area contributed by atoms with Gasteiger partial charge in [-0.1, -0.05) is 12.1 Å². The third-order valence-electron chi connectivity index (χ3n) is 4.82. The van der Waals surface area contributed by atoms with Gasteiger partial charge in [-0.3, -0.25) is 4.79 Å². The first-order valence-electron chi connectivity index (χ1n) is 9.25. The molecule has 7 nitrogen and oxygen atoms in total. The second-order valence-electron chi connectivity index (χ2n) is 6.87. The highest BCUT2D eigenvalue weighted by Crippen LogP contribution is 2.18. The van der Waals surface area contributed by atoms with E-state index >= 15 is 0 Å². The SMILES string of the molecule is O=C(NCc1ccc(S(=O)N2CCC[C@@H](O)C2)cc1)c1ccc2nccn2c1. The van der Waals surface area contributed by atoms with Crippen LogP contribution in [0.25, 0.3) is 5.65 Å². The smallest absolute Gasteiger partial charge is 0.253 e. The van der Waals surface area contributed by atoms with Crippen LogP contribution in [-0.2, 0) is 17.5 Å². The van der Waals surface area contributed by atoms with Crippen molar-refractivity contribution in [1.82, 2.24) is 19.0 Å². The molecule has 0 saturated carbocycles. The van der Waals surface area contributed by atoms with E-state index in [9.17, 15) is 14.1 Å². The number of fused-ring (bicyclic) bond motifs is 1. The Hall–Kier alpha value is -2.55. The summed E-state index contributed by atoms with van der Waals surface area (Å²) in [5.74, 6) is -0.162. The maximum atomic E-state index is 12.6. The number of benzene rings is 1. The van der Waals surface area contributed by atoms with Gasteiger partial charge in [0.15, 0.2) is 0 Å². The molecule has 3 aromatic rings. The number of nitrogens with zero attached hydrogens (tertiary/aromatic N) is 3. The summed E-state index contributed by atoms with van der Waals surface area (Å²) in [6, 6.07) is 10.9. The molecule has 28 heavy (non-hydrogen) atoms. The maximum absolute atomic E-state index is 12.6. The highest BCUT2D eigenvalue weighted by Gasteiger charge is 2.23. The minimum absolute atomic E-state index is 0.162. The van der Waals surface area contributed by atoms with Crippen LogP contribution in [-0.4, -0.2) is 48.1 Å². The predicted octanol–water partition coefficient (Wildman–Crippen LogP) is 1.74. The van der Waals surface area contributed by atoms with Gasteiger partial charge in [0.25, 0.3) is 5.91 Å². The van der Waals surface area contributed by atoms with Gasteiger partial charge in [-0.25, -0.2) is 13.5 Å². The van der Waals surface area contributed by atoms with Crippen LogP contribution in [0, 0.1) is 0 Å². The highest BCUT2D eigenvalue weighted by atomic mass is 32.2. The van der Waals surface area contributed by atoms with Crippen molar-refractivity contribution < 1.29 is 14.1 Å². The molecule has 0 spiro atoms. The number of aliphatic hydroxyl groups excluding tert-OH is 1. The van der Waals surface area contributed by atoms with Crippen LogP contribution < -0.4 is 5.32 Å². The number of β-amino-alcohol motifs (C(OH)–C–C–N with tert-alkyl or cyclic N) is 1. The van der Waals surface area contributed by atoms with Crippen LogP contribution in [0.5, 0.6) is 0 Å². The number of hydrogen-bond donors (Lipinski definition) is 2. The molecule has 0 bridgehead atoms. The number of carbonyl (C=O) groups excluding carboxylic acids is 1. The van der Waals surface area contributed by atoms with Crippen LogP contribution in [0.15, 0.2) is 59.9 Å². The van der Waals surface area contributed by atoms with Gasteiger partial charge in [-0.15, -0.1) is 0 Å². The molecule has 1 saturated heterocycles. The van der Waals surface area contributed by atoms with E-state index in [-0.39, 0.29) is 5.91 Å². The zero-order valence-corrected chi connectivity index (χ0v) is 16.1. The molecule has 3 heterocycles. The minimum Gasteiger partial charge on any atom is -0.392 e. The van der Waals surface area contributed by atoms with Crippen molar-refractivity contribution in [1.29, 1.82) is 0 Å². The number of aromatic nitrogens is 2. The Balaban J connectivity index is 1.36. The number of aliphatic hydroxyl groups is 1. The molecule has 0 radical (unpaired) electrons. The summed E-state index contributed by atoms with van der Waals surface area (Å²) in [5, 5.41) is 12.7. The summed E-state index contributed by atoms with van der Waals surface area (Å²) >= 11 is 0. The van der Waals surface area contributed by atoms with Crippen LogP contribution in [0.2, 0.25) is 0 Å². The van der Waals surface area contributed by atoms with E-state index in [1.54, 1.807) is 39.4 Å². The lowest BCUT2D eigenvalue weighted by atomic mass is 10.1. The van der Waals surface area contributed by atoms with Crippen LogP contribution >= 0.6 is 0 Å². The molecule has 1 aliphatic heterocycles. The molecule has 0 aliphatic carbocycles. The third-order valence-corrected chi connectivity index (χ3v) is 6.30. The summed E-state index contributed by atoms with van der Waals surface area (Å²) in [4.78, 5) is 17.2. The predicted molar refractivity (Wildman–Crippen MR) is 106 cm³/mol. The van der Waals surface area contributed by atoms with Gasteiger partial charge in [-0.2, -0.15) is 0 Å². The van der Waals surface area contributed by atoms with Crippen molar-refractivity contribution in [2.45, 2.75) is 30.4 Å². The normalized spacial score (nSPS) is 18.8. The van der Waals surface area contributed by atoms with Gasteiger partial charge in [0.1, 0.15) is 16.6 Å². The second kappa shape index (κ2) is 8.22. The van der Waals surface area contributed by atoms with E-state index in [0.29, 0.717) is 23.5 Å². The van der Waals surface area contributed by atoms with Crippen LogP contribution in [0.4, 0.5) is 0 Å². The number of pyridine rings is 1. The fourth-order valence-electron chi connectivity index (χ4n) is 3.28. The average Bonchev–Trinajstić information content (AvgIpc) is 3.20. The lowest BCUT2D eigenvalue weighted by molar-refractivity contribution is 0.0950. The summed E-state index contributed by atoms with van der Waals surface area (Å²) in [5.41, 5.74) is 2.28. The molecular weight excluding hydrogens is 376 g/mol. The first-order valence-corrected chi connectivity index (χ1v) is 10.4. The molecule has 2 aromatic heterocycles. The lowest BCUT2D eigenvalue weighted by Crippen LogP contribution is -2.39. The number of nitrogens with one attached hydrogen (secondary N) is 1. The Morgan fingerprint density at radius 3 is 2.86 bits per heavy atom. The lowest BCUT2D eigenvalue weighted by Gasteiger charge is -2.28. The largest absolute Gasteiger partial charge is 0.392 e. The molecule has 8 heteroatoms. The van der Waals surface area contributed by atoms with Gasteiger partial charge in [0.2, 0.25) is 0 Å². The second-order valence-corrected chi connectivity index (χ2v) is 8.36. The number of imidazole rings is 1. The van der Waals surface area contributed by atoms with Crippen molar-refractivity contribution in [2.24, 2.45) is 0 Å². The standard InChI is InChI=1S/C20H22N4O3S/c25-17-2-1-10-24(14-17)28(27)18-6-3-15(4-7-18)12-22-20(26)16-5-8-19-21-9-11-23(19)13-16/h3-9,11,13,17,25H,1-2,10,12,14H2,(H,22,26)/t17-,28?/m1/s1. The third kappa shape index (κ3) is 4.14. The molecule has 1 aromatic carbocycles. The fourth-order valence-corrected chi connectivity index (χ4v) is 4.55. The van der Waals surface area contributed by atoms with Gasteiger partial charge >= 0.3 is 0 Å². The summed E-state index contributed by atoms with van der Waals surface area (Å²) < 4.78 is 16.2. The molecule has 4 rings (SSSR count). The monoisotopic (exact) mass is 398 g/mol. The molecule has 1 aliphatic rings. The molecular formula is C20H22N4O3S. The number of amides is 1. The van der Waals surface area contributed by atoms with Crippen molar-refractivity contribution in [3.8, 4) is 0 Å². The number of piperidine rings is 1. The summed E-state index contributed by atoms with van der Waals surface area (Å²) in [6.07, 6.45) is 6.44. The highest BCUT2D eigenvalue weighted by molar-refractivity contribution is 7.82. The summed E-state index contributed by atoms with van der Waals surface area (Å²) in [7, 11) is -1.27. The van der Waals surface area contributed by atoms with E-state index in [2.05, 4.69) is 10.3 Å². The average molecular weight is 398 g/mol. The Morgan fingerprint density at radius 1 is 1.25 bits per heavy atom. The summed E-state index contributed by atoms with van der Waals surface area (Å²) in [6.45, 7) is 1.55. The number of rotatable bonds is 5. The Morgan fingerprint density at radius 2 is 2.07 bits per heavy atom. The molecule has 2 N–H and O–H groups in total. The molecule has 1 amide bonds. The molecule has 1 fully saturated rings. The fraction of sp³-hybridized carbons (Fsp3) is 0.300. The van der Waals surface area contributed by atoms with E-state index in [1.165, 1.54) is 0 Å². The van der Waals surface area contributed by atoms with Gasteiger partial charge in [0, 0.05) is 38.2 Å². The topological polar surface area (TPSA) is 86.9 Å². The first-order chi connectivity index (χ1) is 13.6. The Labute approximate surface area is 165 Å². The van der Waals surface area contributed by atoms with E-state index in [0.717, 1.165) is 30.6 Å². The van der Waals surface area contributed by atoms with Crippen molar-refractivity contribution >= 4 is 22.5 Å².